The van der Waals surface area contributed by atoms with Crippen LogP contribution in [0.4, 0.5) is 0 Å². The molecule has 1 aromatic carbocycles. The van der Waals surface area contributed by atoms with E-state index in [9.17, 15) is 4.79 Å². The van der Waals surface area contributed by atoms with E-state index >= 15 is 0 Å². The lowest BCUT2D eigenvalue weighted by atomic mass is 10.0. The van der Waals surface area contributed by atoms with Gasteiger partial charge in [-0.2, -0.15) is 0 Å². The second-order valence-electron chi connectivity index (χ2n) is 4.05. The third kappa shape index (κ3) is 1.47. The Labute approximate surface area is 93.9 Å². The lowest BCUT2D eigenvalue weighted by Crippen LogP contribution is -2.49. The van der Waals surface area contributed by atoms with E-state index in [4.69, 9.17) is 0 Å². The Balaban J connectivity index is 1.81. The first kappa shape index (κ1) is 9.42. The van der Waals surface area contributed by atoms with Crippen molar-refractivity contribution in [2.45, 2.75) is 18.6 Å². The average Bonchev–Trinajstić information content (AvgIpc) is 2.76. The van der Waals surface area contributed by atoms with E-state index in [0.717, 1.165) is 6.42 Å². The van der Waals surface area contributed by atoms with Crippen LogP contribution in [0.1, 0.15) is 18.0 Å². The molecule has 1 fully saturated rings. The van der Waals surface area contributed by atoms with Crippen LogP contribution in [0.3, 0.4) is 0 Å². The fraction of sp³-hybridized carbons (Fsp3) is 0.250. The summed E-state index contributed by atoms with van der Waals surface area (Å²) in [6.45, 7) is 0. The molecule has 2 atom stereocenters. The van der Waals surface area contributed by atoms with Gasteiger partial charge in [-0.3, -0.25) is 9.80 Å². The van der Waals surface area contributed by atoms with Gasteiger partial charge in [-0.1, -0.05) is 30.3 Å². The summed E-state index contributed by atoms with van der Waals surface area (Å²) in [7, 11) is 0. The first-order valence-electron chi connectivity index (χ1n) is 5.41. The van der Waals surface area contributed by atoms with Crippen LogP contribution in [0.25, 0.3) is 0 Å². The standard InChI is InChI=1S/C12H13N3O/c16-12-6-7-13-11-8-10(14-15(11)12)9-4-2-1-3-5-9/h1-7,10-11,13-14H,8H2. The summed E-state index contributed by atoms with van der Waals surface area (Å²) in [5.41, 5.74) is 4.44. The zero-order chi connectivity index (χ0) is 11.0. The van der Waals surface area contributed by atoms with Gasteiger partial charge in [0.25, 0.3) is 5.91 Å². The van der Waals surface area contributed by atoms with Gasteiger partial charge < -0.3 is 5.32 Å². The molecule has 2 heterocycles. The summed E-state index contributed by atoms with van der Waals surface area (Å²) in [5, 5.41) is 4.84. The zero-order valence-corrected chi connectivity index (χ0v) is 8.76. The number of benzene rings is 1. The molecule has 1 aromatic rings. The predicted molar refractivity (Wildman–Crippen MR) is 59.8 cm³/mol. The Morgan fingerprint density at radius 3 is 2.81 bits per heavy atom. The smallest absolute Gasteiger partial charge is 0.264 e. The van der Waals surface area contributed by atoms with E-state index in [1.807, 2.05) is 18.2 Å². The third-order valence-corrected chi connectivity index (χ3v) is 3.02. The highest BCUT2D eigenvalue weighted by Gasteiger charge is 2.35. The molecular formula is C12H13N3O. The van der Waals surface area contributed by atoms with Crippen molar-refractivity contribution in [3.8, 4) is 0 Å². The molecule has 2 unspecified atom stereocenters. The van der Waals surface area contributed by atoms with Gasteiger partial charge in [-0.25, -0.2) is 5.43 Å². The van der Waals surface area contributed by atoms with Gasteiger partial charge in [0.2, 0.25) is 0 Å². The highest BCUT2D eigenvalue weighted by atomic mass is 16.2. The van der Waals surface area contributed by atoms with E-state index in [0.29, 0.717) is 0 Å². The summed E-state index contributed by atoms with van der Waals surface area (Å²) in [4.78, 5) is 11.6. The minimum atomic E-state index is 0.0159. The Morgan fingerprint density at radius 2 is 2.06 bits per heavy atom. The van der Waals surface area contributed by atoms with Crippen molar-refractivity contribution in [2.24, 2.45) is 0 Å². The van der Waals surface area contributed by atoms with Crippen LogP contribution >= 0.6 is 0 Å². The van der Waals surface area contributed by atoms with Crippen molar-refractivity contribution < 1.29 is 4.79 Å². The Kier molecular flexibility index (Phi) is 2.15. The summed E-state index contributed by atoms with van der Waals surface area (Å²) >= 11 is 0. The number of amides is 1. The van der Waals surface area contributed by atoms with Crippen molar-refractivity contribution >= 4 is 5.91 Å². The van der Waals surface area contributed by atoms with Crippen LogP contribution in [0.5, 0.6) is 0 Å². The maximum atomic E-state index is 11.6. The minimum absolute atomic E-state index is 0.0159. The van der Waals surface area contributed by atoms with Crippen LogP contribution in [-0.4, -0.2) is 17.1 Å². The fourth-order valence-corrected chi connectivity index (χ4v) is 2.21. The van der Waals surface area contributed by atoms with Crippen molar-refractivity contribution in [3.63, 3.8) is 0 Å². The monoisotopic (exact) mass is 215 g/mol. The number of hydrazine groups is 1. The molecule has 0 spiro atoms. The molecule has 4 nitrogen and oxygen atoms in total. The van der Waals surface area contributed by atoms with Gasteiger partial charge in [0.15, 0.2) is 0 Å². The quantitative estimate of drug-likeness (QED) is 0.731. The van der Waals surface area contributed by atoms with Gasteiger partial charge in [-0.05, 0) is 5.56 Å². The first-order valence-corrected chi connectivity index (χ1v) is 5.41. The van der Waals surface area contributed by atoms with Gasteiger partial charge in [-0.15, -0.1) is 0 Å². The highest BCUT2D eigenvalue weighted by Crippen LogP contribution is 2.27. The van der Waals surface area contributed by atoms with Crippen LogP contribution in [0, 0.1) is 0 Å². The fourth-order valence-electron chi connectivity index (χ4n) is 2.21. The highest BCUT2D eigenvalue weighted by molar-refractivity contribution is 5.88. The number of carbonyl (C=O) groups excluding carboxylic acids is 1. The van der Waals surface area contributed by atoms with Crippen molar-refractivity contribution in [1.82, 2.24) is 15.8 Å². The summed E-state index contributed by atoms with van der Waals surface area (Å²) < 4.78 is 0. The van der Waals surface area contributed by atoms with Crippen LogP contribution in [0.15, 0.2) is 42.6 Å². The van der Waals surface area contributed by atoms with Crippen LogP contribution in [0.2, 0.25) is 0 Å². The third-order valence-electron chi connectivity index (χ3n) is 3.02. The molecule has 3 rings (SSSR count). The van der Waals surface area contributed by atoms with E-state index in [1.54, 1.807) is 11.2 Å². The molecule has 0 bridgehead atoms. The van der Waals surface area contributed by atoms with Crippen molar-refractivity contribution in [1.29, 1.82) is 0 Å². The maximum absolute atomic E-state index is 11.6. The normalized spacial score (nSPS) is 27.8. The molecule has 1 saturated heterocycles. The lowest BCUT2D eigenvalue weighted by molar-refractivity contribution is -0.131. The molecule has 2 aliphatic heterocycles. The van der Waals surface area contributed by atoms with E-state index in [-0.39, 0.29) is 18.1 Å². The average molecular weight is 215 g/mol. The largest absolute Gasteiger partial charge is 0.370 e. The Morgan fingerprint density at radius 1 is 1.25 bits per heavy atom. The number of hydrogen-bond acceptors (Lipinski definition) is 3. The molecule has 0 saturated carbocycles. The predicted octanol–water partition coefficient (Wildman–Crippen LogP) is 0.908. The number of nitrogens with one attached hydrogen (secondary N) is 2. The van der Waals surface area contributed by atoms with Gasteiger partial charge in [0.05, 0.1) is 6.04 Å². The minimum Gasteiger partial charge on any atom is -0.370 e. The Hall–Kier alpha value is -1.81. The summed E-state index contributed by atoms with van der Waals surface area (Å²) in [6.07, 6.45) is 4.22. The number of fused-ring (bicyclic) bond motifs is 1. The van der Waals surface area contributed by atoms with Crippen LogP contribution < -0.4 is 10.7 Å². The SMILES string of the molecule is O=C1C=CNC2CC(c3ccccc3)NN12. The zero-order valence-electron chi connectivity index (χ0n) is 8.76. The molecule has 0 aromatic heterocycles. The maximum Gasteiger partial charge on any atom is 0.264 e. The number of hydrogen-bond donors (Lipinski definition) is 2. The molecular weight excluding hydrogens is 202 g/mol. The van der Waals surface area contributed by atoms with Gasteiger partial charge >= 0.3 is 0 Å². The molecule has 16 heavy (non-hydrogen) atoms. The second-order valence-corrected chi connectivity index (χ2v) is 4.05. The summed E-state index contributed by atoms with van der Waals surface area (Å²) in [6, 6.07) is 10.4. The molecule has 82 valence electrons. The van der Waals surface area contributed by atoms with E-state index in [2.05, 4.69) is 22.9 Å². The van der Waals surface area contributed by atoms with E-state index < -0.39 is 0 Å². The number of nitrogens with zero attached hydrogens (tertiary/aromatic N) is 1. The van der Waals surface area contributed by atoms with Gasteiger partial charge in [0, 0.05) is 18.7 Å². The first-order chi connectivity index (χ1) is 7.84. The van der Waals surface area contributed by atoms with Crippen molar-refractivity contribution in [3.05, 3.63) is 48.2 Å². The topological polar surface area (TPSA) is 44.4 Å². The molecule has 0 aliphatic carbocycles. The van der Waals surface area contributed by atoms with Gasteiger partial charge in [0.1, 0.15) is 6.17 Å². The molecule has 1 amide bonds. The number of rotatable bonds is 1. The molecule has 2 aliphatic rings. The Bertz CT molecular complexity index is 429. The molecule has 2 N–H and O–H groups in total. The van der Waals surface area contributed by atoms with Crippen LogP contribution in [-0.2, 0) is 4.79 Å². The second kappa shape index (κ2) is 3.64. The number of carbonyl (C=O) groups is 1. The summed E-state index contributed by atoms with van der Waals surface area (Å²) in [5.74, 6) is 0.0159. The van der Waals surface area contributed by atoms with E-state index in [1.165, 1.54) is 11.6 Å². The van der Waals surface area contributed by atoms with Crippen molar-refractivity contribution in [2.75, 3.05) is 0 Å². The molecule has 4 heteroatoms. The molecule has 0 radical (unpaired) electrons. The lowest BCUT2D eigenvalue weighted by Gasteiger charge is -2.26.